The molecule has 1 atom stereocenters. The van der Waals surface area contributed by atoms with Crippen LogP contribution in [0.3, 0.4) is 0 Å². The minimum absolute atomic E-state index is 0.153. The van der Waals surface area contributed by atoms with E-state index in [1.165, 1.54) is 6.07 Å². The van der Waals surface area contributed by atoms with Gasteiger partial charge in [0.25, 0.3) is 5.56 Å². The van der Waals surface area contributed by atoms with Gasteiger partial charge in [-0.3, -0.25) is 19.4 Å². The van der Waals surface area contributed by atoms with E-state index in [1.807, 2.05) is 103 Å². The number of hydrazine groups is 1. The Hall–Kier alpha value is -5.38. The van der Waals surface area contributed by atoms with Crippen molar-refractivity contribution in [1.29, 1.82) is 0 Å². The molecule has 0 saturated heterocycles. The van der Waals surface area contributed by atoms with Crippen molar-refractivity contribution in [3.05, 3.63) is 158 Å². The van der Waals surface area contributed by atoms with E-state index in [1.54, 1.807) is 22.9 Å². The molecule has 0 aliphatic carbocycles. The van der Waals surface area contributed by atoms with Gasteiger partial charge in [0.15, 0.2) is 0 Å². The standard InChI is InChI=1S/C35H33N5O4/c1-24-20-34(43)38-40(24)28-14-12-27(13-15-28)37-39(21-25-8-4-2-5-9-25)22-31(41)29-16-18-32(35-30(29)17-19-33(42)36-35)44-23-26-10-6-3-7-11-26/h2-20,31,37,41H,21-23H2,1H3,(H,36,42)(H,38,43). The average molecular weight is 588 g/mol. The van der Waals surface area contributed by atoms with Crippen molar-refractivity contribution in [3.63, 3.8) is 0 Å². The normalized spacial score (nSPS) is 12.0. The van der Waals surface area contributed by atoms with Gasteiger partial charge in [-0.25, -0.2) is 5.01 Å². The Balaban J connectivity index is 1.25. The number of aliphatic hydroxyl groups is 1. The zero-order valence-corrected chi connectivity index (χ0v) is 24.2. The number of aromatic nitrogens is 3. The van der Waals surface area contributed by atoms with Gasteiger partial charge in [0.05, 0.1) is 17.3 Å². The average Bonchev–Trinajstić information content (AvgIpc) is 3.38. The summed E-state index contributed by atoms with van der Waals surface area (Å²) in [7, 11) is 0. The number of aliphatic hydroxyl groups excluding tert-OH is 1. The van der Waals surface area contributed by atoms with Gasteiger partial charge in [-0.2, -0.15) is 0 Å². The van der Waals surface area contributed by atoms with Gasteiger partial charge < -0.3 is 20.3 Å². The monoisotopic (exact) mass is 587 g/mol. The fourth-order valence-electron chi connectivity index (χ4n) is 5.28. The van der Waals surface area contributed by atoms with E-state index in [0.717, 1.165) is 28.2 Å². The van der Waals surface area contributed by atoms with Crippen LogP contribution < -0.4 is 21.3 Å². The van der Waals surface area contributed by atoms with E-state index in [4.69, 9.17) is 4.74 Å². The molecule has 0 spiro atoms. The first-order valence-corrected chi connectivity index (χ1v) is 14.4. The lowest BCUT2D eigenvalue weighted by Crippen LogP contribution is -2.33. The first-order valence-electron chi connectivity index (χ1n) is 14.4. The lowest BCUT2D eigenvalue weighted by atomic mass is 10.0. The van der Waals surface area contributed by atoms with Gasteiger partial charge in [0, 0.05) is 42.0 Å². The van der Waals surface area contributed by atoms with Crippen LogP contribution in [-0.2, 0) is 13.2 Å². The topological polar surface area (TPSA) is 115 Å². The van der Waals surface area contributed by atoms with Crippen LogP contribution in [0.15, 0.2) is 125 Å². The quantitative estimate of drug-likeness (QED) is 0.150. The second-order valence-electron chi connectivity index (χ2n) is 10.7. The third kappa shape index (κ3) is 6.64. The third-order valence-corrected chi connectivity index (χ3v) is 7.42. The summed E-state index contributed by atoms with van der Waals surface area (Å²) >= 11 is 0. The van der Waals surface area contributed by atoms with Crippen LogP contribution in [0, 0.1) is 6.92 Å². The Bertz CT molecular complexity index is 1970. The molecule has 0 fully saturated rings. The van der Waals surface area contributed by atoms with Crippen LogP contribution in [0.25, 0.3) is 16.6 Å². The van der Waals surface area contributed by atoms with Crippen molar-refractivity contribution in [3.8, 4) is 11.4 Å². The first-order chi connectivity index (χ1) is 21.4. The molecule has 0 saturated carbocycles. The summed E-state index contributed by atoms with van der Waals surface area (Å²) in [5.41, 5.74) is 8.81. The molecule has 2 aromatic heterocycles. The minimum Gasteiger partial charge on any atom is -0.487 e. The van der Waals surface area contributed by atoms with Gasteiger partial charge >= 0.3 is 0 Å². The number of nitrogens with one attached hydrogen (secondary N) is 3. The van der Waals surface area contributed by atoms with Gasteiger partial charge in [-0.05, 0) is 60.0 Å². The van der Waals surface area contributed by atoms with E-state index in [9.17, 15) is 14.7 Å². The summed E-state index contributed by atoms with van der Waals surface area (Å²) in [6.07, 6.45) is -0.894. The van der Waals surface area contributed by atoms with Crippen molar-refractivity contribution in [1.82, 2.24) is 19.8 Å². The van der Waals surface area contributed by atoms with Crippen molar-refractivity contribution in [2.75, 3.05) is 12.0 Å². The second-order valence-corrected chi connectivity index (χ2v) is 10.7. The molecule has 6 rings (SSSR count). The number of nitrogens with zero attached hydrogens (tertiary/aromatic N) is 2. The SMILES string of the molecule is Cc1cc(=O)[nH]n1-c1ccc(NN(Cc2ccccc2)CC(O)c2ccc(OCc3ccccc3)c3[nH]c(=O)ccc23)cc1. The smallest absolute Gasteiger partial charge is 0.264 e. The summed E-state index contributed by atoms with van der Waals surface area (Å²) < 4.78 is 7.83. The summed E-state index contributed by atoms with van der Waals surface area (Å²) in [5.74, 6) is 0.538. The van der Waals surface area contributed by atoms with Crippen LogP contribution >= 0.6 is 0 Å². The van der Waals surface area contributed by atoms with Crippen molar-refractivity contribution in [2.24, 2.45) is 0 Å². The number of benzene rings is 4. The maximum Gasteiger partial charge on any atom is 0.264 e. The summed E-state index contributed by atoms with van der Waals surface area (Å²) in [5, 5.41) is 17.1. The highest BCUT2D eigenvalue weighted by atomic mass is 16.5. The fraction of sp³-hybridized carbons (Fsp3) is 0.143. The largest absolute Gasteiger partial charge is 0.487 e. The number of pyridine rings is 1. The van der Waals surface area contributed by atoms with Gasteiger partial charge in [0.2, 0.25) is 5.56 Å². The van der Waals surface area contributed by atoms with E-state index in [0.29, 0.717) is 35.4 Å². The molecular weight excluding hydrogens is 554 g/mol. The fourth-order valence-corrected chi connectivity index (χ4v) is 5.28. The number of aryl methyl sites for hydroxylation is 1. The van der Waals surface area contributed by atoms with Crippen LogP contribution in [0.2, 0.25) is 0 Å². The van der Waals surface area contributed by atoms with Gasteiger partial charge in [-0.15, -0.1) is 0 Å². The lowest BCUT2D eigenvalue weighted by molar-refractivity contribution is 0.124. The predicted molar refractivity (Wildman–Crippen MR) is 172 cm³/mol. The highest BCUT2D eigenvalue weighted by Gasteiger charge is 2.19. The molecule has 2 heterocycles. The Kier molecular flexibility index (Phi) is 8.40. The number of hydrogen-bond acceptors (Lipinski definition) is 6. The van der Waals surface area contributed by atoms with E-state index >= 15 is 0 Å². The van der Waals surface area contributed by atoms with E-state index < -0.39 is 6.10 Å². The number of aromatic amines is 2. The summed E-state index contributed by atoms with van der Waals surface area (Å²) in [4.78, 5) is 27.0. The lowest BCUT2D eigenvalue weighted by Gasteiger charge is -2.28. The molecule has 1 unspecified atom stereocenters. The number of anilines is 1. The number of fused-ring (bicyclic) bond motifs is 1. The highest BCUT2D eigenvalue weighted by molar-refractivity contribution is 5.87. The Labute approximate surface area is 254 Å². The zero-order chi connectivity index (χ0) is 30.5. The minimum atomic E-state index is -0.894. The van der Waals surface area contributed by atoms with Crippen molar-refractivity contribution in [2.45, 2.75) is 26.2 Å². The number of hydrogen-bond donors (Lipinski definition) is 4. The number of rotatable bonds is 11. The van der Waals surface area contributed by atoms with Crippen LogP contribution in [0.5, 0.6) is 5.75 Å². The van der Waals surface area contributed by atoms with Crippen LogP contribution in [0.4, 0.5) is 5.69 Å². The maximum atomic E-state index is 12.3. The number of H-pyrrole nitrogens is 2. The first kappa shape index (κ1) is 28.7. The maximum absolute atomic E-state index is 12.3. The molecule has 9 nitrogen and oxygen atoms in total. The van der Waals surface area contributed by atoms with E-state index in [2.05, 4.69) is 15.5 Å². The Morgan fingerprint density at radius 2 is 1.55 bits per heavy atom. The van der Waals surface area contributed by atoms with Gasteiger partial charge in [-0.1, -0.05) is 66.7 Å². The molecule has 4 N–H and O–H groups in total. The molecule has 4 aromatic carbocycles. The molecule has 0 aliphatic rings. The molecule has 0 radical (unpaired) electrons. The second kappa shape index (κ2) is 12.9. The molecule has 0 amide bonds. The molecular formula is C35H33N5O4. The molecule has 44 heavy (non-hydrogen) atoms. The zero-order valence-electron chi connectivity index (χ0n) is 24.2. The molecule has 6 aromatic rings. The van der Waals surface area contributed by atoms with Crippen LogP contribution in [-0.4, -0.2) is 31.4 Å². The summed E-state index contributed by atoms with van der Waals surface area (Å²) in [6, 6.07) is 35.9. The summed E-state index contributed by atoms with van der Waals surface area (Å²) in [6.45, 7) is 2.99. The Morgan fingerprint density at radius 1 is 0.841 bits per heavy atom. The molecule has 222 valence electrons. The molecule has 9 heteroatoms. The van der Waals surface area contributed by atoms with Crippen molar-refractivity contribution >= 4 is 16.6 Å². The van der Waals surface area contributed by atoms with Gasteiger partial charge in [0.1, 0.15) is 12.4 Å². The van der Waals surface area contributed by atoms with Crippen molar-refractivity contribution < 1.29 is 9.84 Å². The Morgan fingerprint density at radius 3 is 2.23 bits per heavy atom. The molecule has 0 aliphatic heterocycles. The highest BCUT2D eigenvalue weighted by Crippen LogP contribution is 2.31. The van der Waals surface area contributed by atoms with E-state index in [-0.39, 0.29) is 17.7 Å². The predicted octanol–water partition coefficient (Wildman–Crippen LogP) is 5.46. The van der Waals surface area contributed by atoms with Crippen LogP contribution in [0.1, 0.15) is 28.5 Å². The third-order valence-electron chi connectivity index (χ3n) is 7.42. The molecule has 0 bridgehead atoms. The number of ether oxygens (including phenoxy) is 1.